The highest BCUT2D eigenvalue weighted by Gasteiger charge is 2.20. The van der Waals surface area contributed by atoms with E-state index in [9.17, 15) is 4.79 Å². The average molecular weight is 263 g/mol. The van der Waals surface area contributed by atoms with Crippen LogP contribution in [0.4, 0.5) is 0 Å². The number of esters is 1. The van der Waals surface area contributed by atoms with Crippen molar-refractivity contribution >= 4 is 28.6 Å². The minimum atomic E-state index is -0.383. The van der Waals surface area contributed by atoms with E-state index in [-0.39, 0.29) is 5.97 Å². The largest absolute Gasteiger partial charge is 0.465 e. The van der Waals surface area contributed by atoms with E-state index in [0.717, 1.165) is 30.2 Å². The Kier molecular flexibility index (Phi) is 2.67. The first kappa shape index (κ1) is 11.4. The van der Waals surface area contributed by atoms with Crippen molar-refractivity contribution < 1.29 is 9.53 Å². The lowest BCUT2D eigenvalue weighted by molar-refractivity contribution is 0.0600. The third-order valence-electron chi connectivity index (χ3n) is 3.28. The number of aryl methyl sites for hydroxylation is 1. The Bertz CT molecular complexity index is 655. The van der Waals surface area contributed by atoms with E-state index >= 15 is 0 Å². The molecule has 0 bridgehead atoms. The summed E-state index contributed by atoms with van der Waals surface area (Å²) in [6, 6.07) is 1.79. The fourth-order valence-corrected chi connectivity index (χ4v) is 2.72. The van der Waals surface area contributed by atoms with Gasteiger partial charge in [-0.05, 0) is 36.5 Å². The molecule has 92 valence electrons. The van der Waals surface area contributed by atoms with Crippen LogP contribution in [0.15, 0.2) is 12.3 Å². The van der Waals surface area contributed by atoms with Crippen LogP contribution in [0.25, 0.3) is 11.0 Å². The number of carbonyl (C=O) groups is 1. The quantitative estimate of drug-likeness (QED) is 0.585. The number of halogens is 1. The van der Waals surface area contributed by atoms with Gasteiger partial charge in [-0.15, -0.1) is 0 Å². The van der Waals surface area contributed by atoms with Gasteiger partial charge in [0.1, 0.15) is 5.15 Å². The molecule has 0 aromatic carbocycles. The van der Waals surface area contributed by atoms with Crippen molar-refractivity contribution in [3.63, 3.8) is 0 Å². The van der Waals surface area contributed by atoms with Crippen molar-refractivity contribution in [1.29, 1.82) is 0 Å². The van der Waals surface area contributed by atoms with E-state index in [1.165, 1.54) is 18.9 Å². The molecule has 2 heterocycles. The Morgan fingerprint density at radius 2 is 2.17 bits per heavy atom. The molecule has 1 aliphatic rings. The number of hydrogen-bond acceptors (Lipinski definition) is 4. The zero-order valence-electron chi connectivity index (χ0n) is 9.86. The summed E-state index contributed by atoms with van der Waals surface area (Å²) < 4.78 is 4.70. The molecule has 18 heavy (non-hydrogen) atoms. The van der Waals surface area contributed by atoms with Crippen LogP contribution in [0.1, 0.15) is 27.9 Å². The molecule has 1 aliphatic carbocycles. The van der Waals surface area contributed by atoms with Crippen LogP contribution in [0.3, 0.4) is 0 Å². The minimum Gasteiger partial charge on any atom is -0.465 e. The van der Waals surface area contributed by atoms with Crippen LogP contribution in [-0.4, -0.2) is 23.0 Å². The standard InChI is InChI=1S/C13H11ClN2O2/c1-18-13(17)7-5-10-8-3-2-4-9(8)11(14)16-12(10)15-6-7/h5-6H,2-4H2,1H3. The second kappa shape index (κ2) is 4.21. The van der Waals surface area contributed by atoms with Gasteiger partial charge in [-0.2, -0.15) is 0 Å². The summed E-state index contributed by atoms with van der Waals surface area (Å²) in [5.74, 6) is -0.383. The van der Waals surface area contributed by atoms with Crippen LogP contribution >= 0.6 is 11.6 Å². The number of pyridine rings is 2. The van der Waals surface area contributed by atoms with Crippen LogP contribution in [0.5, 0.6) is 0 Å². The van der Waals surface area contributed by atoms with Crippen LogP contribution < -0.4 is 0 Å². The van der Waals surface area contributed by atoms with Crippen LogP contribution in [-0.2, 0) is 17.6 Å². The molecule has 0 radical (unpaired) electrons. The van der Waals surface area contributed by atoms with Gasteiger partial charge in [-0.3, -0.25) is 0 Å². The molecule has 0 saturated heterocycles. The Labute approximate surface area is 109 Å². The fourth-order valence-electron chi connectivity index (χ4n) is 2.43. The molecular weight excluding hydrogens is 252 g/mol. The number of rotatable bonds is 1. The maximum Gasteiger partial charge on any atom is 0.339 e. The molecule has 3 rings (SSSR count). The molecule has 0 unspecified atom stereocenters. The molecule has 0 aliphatic heterocycles. The van der Waals surface area contributed by atoms with Crippen LogP contribution in [0.2, 0.25) is 5.15 Å². The number of methoxy groups -OCH3 is 1. The van der Waals surface area contributed by atoms with Crippen molar-refractivity contribution in [1.82, 2.24) is 9.97 Å². The number of carbonyl (C=O) groups excluding carboxylic acids is 1. The highest BCUT2D eigenvalue weighted by molar-refractivity contribution is 6.30. The molecule has 4 nitrogen and oxygen atoms in total. The van der Waals surface area contributed by atoms with E-state index in [2.05, 4.69) is 9.97 Å². The number of nitrogens with zero attached hydrogens (tertiary/aromatic N) is 2. The first-order chi connectivity index (χ1) is 8.70. The third kappa shape index (κ3) is 1.64. The maximum absolute atomic E-state index is 11.5. The van der Waals surface area contributed by atoms with Crippen LogP contribution in [0, 0.1) is 0 Å². The summed E-state index contributed by atoms with van der Waals surface area (Å²) >= 11 is 6.14. The van der Waals surface area contributed by atoms with Gasteiger partial charge in [0.25, 0.3) is 0 Å². The first-order valence-electron chi connectivity index (χ1n) is 5.76. The zero-order chi connectivity index (χ0) is 12.7. The molecule has 0 saturated carbocycles. The summed E-state index contributed by atoms with van der Waals surface area (Å²) in [4.78, 5) is 20.0. The van der Waals surface area contributed by atoms with Gasteiger partial charge in [-0.1, -0.05) is 11.6 Å². The van der Waals surface area contributed by atoms with Gasteiger partial charge in [0.2, 0.25) is 0 Å². The Balaban J connectivity index is 2.27. The van der Waals surface area contributed by atoms with Gasteiger partial charge in [0, 0.05) is 11.6 Å². The molecule has 5 heteroatoms. The Morgan fingerprint density at radius 3 is 2.94 bits per heavy atom. The molecule has 2 aromatic heterocycles. The number of aromatic nitrogens is 2. The topological polar surface area (TPSA) is 52.1 Å². The monoisotopic (exact) mass is 262 g/mol. The normalized spacial score (nSPS) is 13.7. The van der Waals surface area contributed by atoms with E-state index in [0.29, 0.717) is 16.4 Å². The first-order valence-corrected chi connectivity index (χ1v) is 6.14. The highest BCUT2D eigenvalue weighted by Crippen LogP contribution is 2.32. The van der Waals surface area contributed by atoms with E-state index < -0.39 is 0 Å². The van der Waals surface area contributed by atoms with E-state index in [1.54, 1.807) is 6.07 Å². The maximum atomic E-state index is 11.5. The molecule has 0 atom stereocenters. The lowest BCUT2D eigenvalue weighted by Gasteiger charge is -2.07. The SMILES string of the molecule is COC(=O)c1cnc2nc(Cl)c3c(c2c1)CCC3. The summed E-state index contributed by atoms with van der Waals surface area (Å²) in [6.45, 7) is 0. The smallest absolute Gasteiger partial charge is 0.339 e. The summed E-state index contributed by atoms with van der Waals surface area (Å²) in [7, 11) is 1.36. The lowest BCUT2D eigenvalue weighted by Crippen LogP contribution is -2.03. The van der Waals surface area contributed by atoms with Gasteiger partial charge < -0.3 is 4.74 Å². The third-order valence-corrected chi connectivity index (χ3v) is 3.60. The summed E-state index contributed by atoms with van der Waals surface area (Å²) in [5, 5.41) is 1.45. The van der Waals surface area contributed by atoms with Crippen molar-refractivity contribution in [3.05, 3.63) is 34.1 Å². The summed E-state index contributed by atoms with van der Waals surface area (Å²) in [5.41, 5.74) is 3.30. The van der Waals surface area contributed by atoms with Gasteiger partial charge in [0.05, 0.1) is 12.7 Å². The molecule has 0 spiro atoms. The predicted molar refractivity (Wildman–Crippen MR) is 67.9 cm³/mol. The second-order valence-electron chi connectivity index (χ2n) is 4.30. The molecule has 0 N–H and O–H groups in total. The average Bonchev–Trinajstić information content (AvgIpc) is 2.88. The lowest BCUT2D eigenvalue weighted by atomic mass is 10.1. The van der Waals surface area contributed by atoms with Gasteiger partial charge in [0.15, 0.2) is 5.65 Å². The zero-order valence-corrected chi connectivity index (χ0v) is 10.6. The Hall–Kier alpha value is -1.68. The summed E-state index contributed by atoms with van der Waals surface area (Å²) in [6.07, 6.45) is 4.44. The van der Waals surface area contributed by atoms with E-state index in [1.807, 2.05) is 0 Å². The molecular formula is C13H11ClN2O2. The highest BCUT2D eigenvalue weighted by atomic mass is 35.5. The molecule has 0 fully saturated rings. The second-order valence-corrected chi connectivity index (χ2v) is 4.66. The van der Waals surface area contributed by atoms with Crippen molar-refractivity contribution in [3.8, 4) is 0 Å². The van der Waals surface area contributed by atoms with Gasteiger partial charge in [-0.25, -0.2) is 14.8 Å². The number of fused-ring (bicyclic) bond motifs is 3. The minimum absolute atomic E-state index is 0.383. The Morgan fingerprint density at radius 1 is 1.39 bits per heavy atom. The molecule has 0 amide bonds. The number of hydrogen-bond donors (Lipinski definition) is 0. The molecule has 2 aromatic rings. The van der Waals surface area contributed by atoms with E-state index in [4.69, 9.17) is 16.3 Å². The van der Waals surface area contributed by atoms with Crippen molar-refractivity contribution in [2.75, 3.05) is 7.11 Å². The fraction of sp³-hybridized carbons (Fsp3) is 0.308. The predicted octanol–water partition coefficient (Wildman–Crippen LogP) is 2.56. The number of ether oxygens (including phenoxy) is 1. The van der Waals surface area contributed by atoms with Gasteiger partial charge >= 0.3 is 5.97 Å². The van der Waals surface area contributed by atoms with Crippen molar-refractivity contribution in [2.24, 2.45) is 0 Å². The van der Waals surface area contributed by atoms with Crippen molar-refractivity contribution in [2.45, 2.75) is 19.3 Å².